The fourth-order valence-electron chi connectivity index (χ4n) is 0.910. The van der Waals surface area contributed by atoms with Gasteiger partial charge in [-0.3, -0.25) is 0 Å². The molecule has 1 aliphatic rings. The summed E-state index contributed by atoms with van der Waals surface area (Å²) in [5.41, 5.74) is 0. The van der Waals surface area contributed by atoms with Crippen LogP contribution in [-0.4, -0.2) is 39.0 Å². The first-order valence-electron chi connectivity index (χ1n) is 4.33. The van der Waals surface area contributed by atoms with Crippen LogP contribution in [0.3, 0.4) is 0 Å². The Balaban J connectivity index is 1.73. The molecular weight excluding hydrogens is 142 g/mol. The number of ether oxygens (including phenoxy) is 2. The average Bonchev–Trinajstić information content (AvgIpc) is 1.93. The van der Waals surface area contributed by atoms with Gasteiger partial charge < -0.3 is 14.8 Å². The van der Waals surface area contributed by atoms with Crippen molar-refractivity contribution in [3.05, 3.63) is 0 Å². The fraction of sp³-hybridized carbons (Fsp3) is 1.00. The second-order valence-corrected chi connectivity index (χ2v) is 2.78. The molecule has 1 fully saturated rings. The lowest BCUT2D eigenvalue weighted by molar-refractivity contribution is -0.128. The fourth-order valence-corrected chi connectivity index (χ4v) is 0.910. The van der Waals surface area contributed by atoms with Crippen LogP contribution in [0, 0.1) is 0 Å². The van der Waals surface area contributed by atoms with Gasteiger partial charge in [-0.2, -0.15) is 0 Å². The van der Waals surface area contributed by atoms with Gasteiger partial charge in [-0.05, 0) is 13.0 Å². The lowest BCUT2D eigenvalue weighted by atomic mass is 10.3. The van der Waals surface area contributed by atoms with Crippen LogP contribution in [0.2, 0.25) is 0 Å². The Hall–Kier alpha value is -0.120. The van der Waals surface area contributed by atoms with Crippen LogP contribution in [0.15, 0.2) is 0 Å². The number of nitrogens with one attached hydrogen (secondary N) is 1. The van der Waals surface area contributed by atoms with E-state index in [4.69, 9.17) is 9.47 Å². The second-order valence-electron chi connectivity index (χ2n) is 2.78. The minimum Gasteiger partial charge on any atom is -0.376 e. The Morgan fingerprint density at radius 3 is 2.82 bits per heavy atom. The van der Waals surface area contributed by atoms with Gasteiger partial charge in [-0.15, -0.1) is 0 Å². The van der Waals surface area contributed by atoms with Crippen LogP contribution in [0.4, 0.5) is 0 Å². The molecule has 0 aromatic rings. The highest BCUT2D eigenvalue weighted by Gasteiger charge is 2.17. The van der Waals surface area contributed by atoms with Crippen molar-refractivity contribution in [2.75, 3.05) is 32.9 Å². The lowest BCUT2D eigenvalue weighted by Crippen LogP contribution is -2.37. The third-order valence-electron chi connectivity index (χ3n) is 1.67. The molecule has 66 valence electrons. The standard InChI is InChI=1S/C8H17NO2/c1-2-3-9-4-5-11-8-6-10-7-8/h8-9H,2-7H2,1H3. The molecule has 0 spiro atoms. The topological polar surface area (TPSA) is 30.5 Å². The van der Waals surface area contributed by atoms with Gasteiger partial charge in [-0.25, -0.2) is 0 Å². The third-order valence-corrected chi connectivity index (χ3v) is 1.67. The monoisotopic (exact) mass is 159 g/mol. The van der Waals surface area contributed by atoms with Gasteiger partial charge in [0.05, 0.1) is 19.8 Å². The van der Waals surface area contributed by atoms with E-state index in [1.165, 1.54) is 6.42 Å². The maximum Gasteiger partial charge on any atom is 0.104 e. The number of hydrogen-bond donors (Lipinski definition) is 1. The molecule has 0 bridgehead atoms. The van der Waals surface area contributed by atoms with E-state index in [0.29, 0.717) is 6.10 Å². The summed E-state index contributed by atoms with van der Waals surface area (Å²) in [4.78, 5) is 0. The van der Waals surface area contributed by atoms with Gasteiger partial charge >= 0.3 is 0 Å². The summed E-state index contributed by atoms with van der Waals surface area (Å²) in [6.07, 6.45) is 1.56. The third kappa shape index (κ3) is 3.70. The van der Waals surface area contributed by atoms with Crippen LogP contribution in [0.25, 0.3) is 0 Å². The van der Waals surface area contributed by atoms with E-state index in [-0.39, 0.29) is 0 Å². The van der Waals surface area contributed by atoms with E-state index in [2.05, 4.69) is 12.2 Å². The summed E-state index contributed by atoms with van der Waals surface area (Å²) in [5, 5.41) is 3.27. The predicted molar refractivity (Wildman–Crippen MR) is 43.7 cm³/mol. The van der Waals surface area contributed by atoms with Crippen molar-refractivity contribution >= 4 is 0 Å². The van der Waals surface area contributed by atoms with E-state index in [1.807, 2.05) is 0 Å². The summed E-state index contributed by atoms with van der Waals surface area (Å²) >= 11 is 0. The van der Waals surface area contributed by atoms with Gasteiger partial charge in [0.1, 0.15) is 6.10 Å². The van der Waals surface area contributed by atoms with Gasteiger partial charge in [-0.1, -0.05) is 6.92 Å². The molecule has 0 atom stereocenters. The molecule has 11 heavy (non-hydrogen) atoms. The van der Waals surface area contributed by atoms with Crippen LogP contribution < -0.4 is 5.32 Å². The second kappa shape index (κ2) is 5.52. The lowest BCUT2D eigenvalue weighted by Gasteiger charge is -2.25. The molecule has 1 rings (SSSR count). The molecule has 1 N–H and O–H groups in total. The SMILES string of the molecule is CCCNCCOC1COC1. The average molecular weight is 159 g/mol. The number of hydrogen-bond acceptors (Lipinski definition) is 3. The summed E-state index contributed by atoms with van der Waals surface area (Å²) in [6.45, 7) is 6.60. The molecule has 3 heteroatoms. The molecule has 0 unspecified atom stereocenters. The summed E-state index contributed by atoms with van der Waals surface area (Å²) in [5.74, 6) is 0. The molecule has 1 saturated heterocycles. The zero-order valence-electron chi connectivity index (χ0n) is 7.14. The molecule has 0 aromatic carbocycles. The van der Waals surface area contributed by atoms with Crippen molar-refractivity contribution < 1.29 is 9.47 Å². The van der Waals surface area contributed by atoms with Gasteiger partial charge in [0, 0.05) is 6.54 Å². The first-order chi connectivity index (χ1) is 5.43. The molecule has 0 aromatic heterocycles. The summed E-state index contributed by atoms with van der Waals surface area (Å²) in [7, 11) is 0. The Labute approximate surface area is 68.1 Å². The van der Waals surface area contributed by atoms with Crippen molar-refractivity contribution in [2.45, 2.75) is 19.4 Å². The van der Waals surface area contributed by atoms with Gasteiger partial charge in [0.25, 0.3) is 0 Å². The van der Waals surface area contributed by atoms with E-state index >= 15 is 0 Å². The van der Waals surface area contributed by atoms with E-state index in [1.54, 1.807) is 0 Å². The summed E-state index contributed by atoms with van der Waals surface area (Å²) in [6, 6.07) is 0. The molecule has 0 saturated carbocycles. The first-order valence-corrected chi connectivity index (χ1v) is 4.33. The van der Waals surface area contributed by atoms with E-state index in [0.717, 1.165) is 32.9 Å². The van der Waals surface area contributed by atoms with Crippen LogP contribution >= 0.6 is 0 Å². The molecule has 0 aliphatic carbocycles. The van der Waals surface area contributed by atoms with Crippen LogP contribution in [-0.2, 0) is 9.47 Å². The Kier molecular flexibility index (Phi) is 4.50. The smallest absolute Gasteiger partial charge is 0.104 e. The largest absolute Gasteiger partial charge is 0.376 e. The van der Waals surface area contributed by atoms with Crippen molar-refractivity contribution in [3.8, 4) is 0 Å². The van der Waals surface area contributed by atoms with Gasteiger partial charge in [0.2, 0.25) is 0 Å². The summed E-state index contributed by atoms with van der Waals surface area (Å²) < 4.78 is 10.4. The zero-order valence-corrected chi connectivity index (χ0v) is 7.14. The molecular formula is C8H17NO2. The van der Waals surface area contributed by atoms with E-state index in [9.17, 15) is 0 Å². The zero-order chi connectivity index (χ0) is 7.94. The maximum absolute atomic E-state index is 5.44. The molecule has 0 amide bonds. The van der Waals surface area contributed by atoms with E-state index < -0.39 is 0 Å². The minimum absolute atomic E-state index is 0.374. The highest BCUT2D eigenvalue weighted by molar-refractivity contribution is 4.64. The van der Waals surface area contributed by atoms with Crippen molar-refractivity contribution in [2.24, 2.45) is 0 Å². The highest BCUT2D eigenvalue weighted by Crippen LogP contribution is 2.03. The minimum atomic E-state index is 0.374. The highest BCUT2D eigenvalue weighted by atomic mass is 16.6. The normalized spacial score (nSPS) is 18.3. The Morgan fingerprint density at radius 1 is 1.45 bits per heavy atom. The molecule has 1 aliphatic heterocycles. The van der Waals surface area contributed by atoms with Gasteiger partial charge in [0.15, 0.2) is 0 Å². The van der Waals surface area contributed by atoms with Crippen LogP contribution in [0.1, 0.15) is 13.3 Å². The Bertz CT molecular complexity index is 94.1. The maximum atomic E-state index is 5.44. The molecule has 3 nitrogen and oxygen atoms in total. The quantitative estimate of drug-likeness (QED) is 0.569. The molecule has 1 heterocycles. The van der Waals surface area contributed by atoms with Crippen LogP contribution in [0.5, 0.6) is 0 Å². The van der Waals surface area contributed by atoms with Crippen molar-refractivity contribution in [3.63, 3.8) is 0 Å². The number of rotatable bonds is 6. The van der Waals surface area contributed by atoms with Crippen molar-refractivity contribution in [1.82, 2.24) is 5.32 Å². The molecule has 0 radical (unpaired) electrons. The predicted octanol–water partition coefficient (Wildman–Crippen LogP) is 0.401. The van der Waals surface area contributed by atoms with Crippen molar-refractivity contribution in [1.29, 1.82) is 0 Å². The Morgan fingerprint density at radius 2 is 2.27 bits per heavy atom. The first kappa shape index (κ1) is 8.97.